The molecular weight excluding hydrogens is 276 g/mol. The molecule has 0 unspecified atom stereocenters. The van der Waals surface area contributed by atoms with Crippen LogP contribution in [0.5, 0.6) is 0 Å². The van der Waals surface area contributed by atoms with E-state index in [0.29, 0.717) is 11.1 Å². The summed E-state index contributed by atoms with van der Waals surface area (Å²) in [4.78, 5) is 4.34. The number of hydrogen-bond donors (Lipinski definition) is 1. The second kappa shape index (κ2) is 6.39. The van der Waals surface area contributed by atoms with E-state index in [0.717, 1.165) is 6.54 Å². The Morgan fingerprint density at radius 3 is 2.57 bits per heavy atom. The number of nitrogens with zero attached hydrogens (tertiary/aromatic N) is 1. The molecule has 21 heavy (non-hydrogen) atoms. The first-order valence-corrected chi connectivity index (χ1v) is 9.62. The maximum absolute atomic E-state index is 4.00. The Kier molecular flexibility index (Phi) is 4.72. The number of hydrogen-bond acceptors (Lipinski definition) is 3. The predicted molar refractivity (Wildman–Crippen MR) is 91.9 cm³/mol. The first kappa shape index (κ1) is 15.5. The van der Waals surface area contributed by atoms with Gasteiger partial charge < -0.3 is 5.32 Å². The number of nitrogens with one attached hydrogen (secondary N) is 1. The van der Waals surface area contributed by atoms with Crippen LogP contribution in [0.25, 0.3) is 0 Å². The molecule has 1 aromatic rings. The van der Waals surface area contributed by atoms with Crippen LogP contribution in [0.1, 0.15) is 63.7 Å². The van der Waals surface area contributed by atoms with Crippen molar-refractivity contribution in [2.24, 2.45) is 0 Å². The Morgan fingerprint density at radius 2 is 1.95 bits per heavy atom. The molecule has 2 fully saturated rings. The lowest BCUT2D eigenvalue weighted by Crippen LogP contribution is -2.69. The minimum absolute atomic E-state index is 0.354. The van der Waals surface area contributed by atoms with Gasteiger partial charge in [-0.2, -0.15) is 0 Å². The first-order chi connectivity index (χ1) is 10.2. The summed E-state index contributed by atoms with van der Waals surface area (Å²) in [5.41, 5.74) is 0.760. The van der Waals surface area contributed by atoms with Crippen molar-refractivity contribution in [2.45, 2.75) is 76.4 Å². The number of piperazine rings is 1. The summed E-state index contributed by atoms with van der Waals surface area (Å²) in [5.74, 6) is 0. The van der Waals surface area contributed by atoms with Gasteiger partial charge in [-0.1, -0.05) is 39.2 Å². The normalized spacial score (nSPS) is 25.2. The van der Waals surface area contributed by atoms with Gasteiger partial charge in [0.2, 0.25) is 0 Å². The highest BCUT2D eigenvalue weighted by molar-refractivity contribution is 7.09. The molecule has 1 saturated heterocycles. The highest BCUT2D eigenvalue weighted by Crippen LogP contribution is 2.38. The van der Waals surface area contributed by atoms with Gasteiger partial charge in [-0.05, 0) is 37.1 Å². The zero-order valence-corrected chi connectivity index (χ0v) is 14.5. The standard InChI is InChI=1S/C18H30N2S/c1-3-18(4-2)14-19-17(10-6-5-7-11-17)15-20(18)13-16-9-8-12-21-16/h8-9,12,19H,3-7,10-11,13-15H2,1-2H3. The summed E-state index contributed by atoms with van der Waals surface area (Å²) in [6, 6.07) is 4.49. The SMILES string of the molecule is CCC1(CC)CNC2(CCCCC2)CN1Cc1cccs1. The van der Waals surface area contributed by atoms with Gasteiger partial charge in [0.05, 0.1) is 0 Å². The van der Waals surface area contributed by atoms with E-state index < -0.39 is 0 Å². The fraction of sp³-hybridized carbons (Fsp3) is 0.778. The molecule has 0 bridgehead atoms. The third-order valence-corrected chi connectivity index (χ3v) is 6.87. The van der Waals surface area contributed by atoms with E-state index in [1.165, 1.54) is 62.9 Å². The van der Waals surface area contributed by atoms with Crippen LogP contribution in [0.15, 0.2) is 17.5 Å². The van der Waals surface area contributed by atoms with Gasteiger partial charge >= 0.3 is 0 Å². The Hall–Kier alpha value is -0.380. The topological polar surface area (TPSA) is 15.3 Å². The zero-order chi connectivity index (χ0) is 14.8. The molecule has 0 atom stereocenters. The van der Waals surface area contributed by atoms with E-state index in [-0.39, 0.29) is 0 Å². The van der Waals surface area contributed by atoms with Crippen LogP contribution >= 0.6 is 11.3 Å². The maximum Gasteiger partial charge on any atom is 0.0334 e. The monoisotopic (exact) mass is 306 g/mol. The predicted octanol–water partition coefficient (Wildman–Crippen LogP) is 4.42. The third-order valence-electron chi connectivity index (χ3n) is 6.01. The van der Waals surface area contributed by atoms with Gasteiger partial charge in [-0.25, -0.2) is 0 Å². The molecule has 2 heterocycles. The molecule has 3 rings (SSSR count). The van der Waals surface area contributed by atoms with Gasteiger partial charge in [0.15, 0.2) is 0 Å². The summed E-state index contributed by atoms with van der Waals surface area (Å²) >= 11 is 1.91. The molecule has 0 radical (unpaired) electrons. The van der Waals surface area contributed by atoms with Crippen LogP contribution in [-0.4, -0.2) is 29.1 Å². The van der Waals surface area contributed by atoms with Crippen molar-refractivity contribution >= 4 is 11.3 Å². The fourth-order valence-electron chi connectivity index (χ4n) is 4.38. The molecule has 3 heteroatoms. The summed E-state index contributed by atoms with van der Waals surface area (Å²) in [5, 5.41) is 6.21. The Labute approximate surface area is 133 Å². The molecule has 1 aliphatic heterocycles. The van der Waals surface area contributed by atoms with Crippen molar-refractivity contribution < 1.29 is 0 Å². The summed E-state index contributed by atoms with van der Waals surface area (Å²) in [6.07, 6.45) is 9.49. The molecular formula is C18H30N2S. The van der Waals surface area contributed by atoms with Crippen molar-refractivity contribution in [3.8, 4) is 0 Å². The maximum atomic E-state index is 4.00. The minimum Gasteiger partial charge on any atom is -0.308 e. The summed E-state index contributed by atoms with van der Waals surface area (Å²) in [7, 11) is 0. The molecule has 1 saturated carbocycles. The van der Waals surface area contributed by atoms with E-state index in [2.05, 4.69) is 41.6 Å². The molecule has 1 N–H and O–H groups in total. The lowest BCUT2D eigenvalue weighted by Gasteiger charge is -2.55. The van der Waals surface area contributed by atoms with Crippen molar-refractivity contribution in [3.05, 3.63) is 22.4 Å². The van der Waals surface area contributed by atoms with E-state index in [1.54, 1.807) is 0 Å². The average Bonchev–Trinajstić information content (AvgIpc) is 3.02. The van der Waals surface area contributed by atoms with Crippen molar-refractivity contribution in [3.63, 3.8) is 0 Å². The van der Waals surface area contributed by atoms with Crippen LogP contribution < -0.4 is 5.32 Å². The van der Waals surface area contributed by atoms with Crippen LogP contribution in [0.3, 0.4) is 0 Å². The van der Waals surface area contributed by atoms with Crippen molar-refractivity contribution in [2.75, 3.05) is 13.1 Å². The smallest absolute Gasteiger partial charge is 0.0334 e. The largest absolute Gasteiger partial charge is 0.308 e. The highest BCUT2D eigenvalue weighted by atomic mass is 32.1. The number of thiophene rings is 1. The van der Waals surface area contributed by atoms with Crippen molar-refractivity contribution in [1.29, 1.82) is 0 Å². The third kappa shape index (κ3) is 3.06. The molecule has 2 aliphatic rings. The molecule has 0 amide bonds. The lowest BCUT2D eigenvalue weighted by atomic mass is 9.75. The van der Waals surface area contributed by atoms with E-state index in [4.69, 9.17) is 0 Å². The molecule has 0 aromatic carbocycles. The lowest BCUT2D eigenvalue weighted by molar-refractivity contribution is -0.0194. The summed E-state index contributed by atoms with van der Waals surface area (Å²) in [6.45, 7) is 8.29. The molecule has 1 aromatic heterocycles. The van der Waals surface area contributed by atoms with Crippen LogP contribution in [0.4, 0.5) is 0 Å². The second-order valence-electron chi connectivity index (χ2n) is 7.06. The van der Waals surface area contributed by atoms with Gasteiger partial charge in [-0.15, -0.1) is 11.3 Å². The van der Waals surface area contributed by atoms with Gasteiger partial charge in [-0.3, -0.25) is 4.90 Å². The quantitative estimate of drug-likeness (QED) is 0.886. The average molecular weight is 307 g/mol. The van der Waals surface area contributed by atoms with Crippen LogP contribution in [0.2, 0.25) is 0 Å². The van der Waals surface area contributed by atoms with Crippen LogP contribution in [0, 0.1) is 0 Å². The van der Waals surface area contributed by atoms with E-state index in [1.807, 2.05) is 11.3 Å². The summed E-state index contributed by atoms with van der Waals surface area (Å²) < 4.78 is 0. The molecule has 118 valence electrons. The Morgan fingerprint density at radius 1 is 1.19 bits per heavy atom. The van der Waals surface area contributed by atoms with Crippen LogP contribution in [-0.2, 0) is 6.54 Å². The second-order valence-corrected chi connectivity index (χ2v) is 8.09. The number of rotatable bonds is 4. The Bertz CT molecular complexity index is 430. The first-order valence-electron chi connectivity index (χ1n) is 8.74. The Balaban J connectivity index is 1.80. The zero-order valence-electron chi connectivity index (χ0n) is 13.7. The fourth-order valence-corrected chi connectivity index (χ4v) is 5.10. The van der Waals surface area contributed by atoms with E-state index >= 15 is 0 Å². The van der Waals surface area contributed by atoms with Gasteiger partial charge in [0, 0.05) is 35.6 Å². The molecule has 1 aliphatic carbocycles. The van der Waals surface area contributed by atoms with Gasteiger partial charge in [0.25, 0.3) is 0 Å². The molecule has 1 spiro atoms. The minimum atomic E-state index is 0.354. The van der Waals surface area contributed by atoms with E-state index in [9.17, 15) is 0 Å². The highest BCUT2D eigenvalue weighted by Gasteiger charge is 2.45. The molecule has 2 nitrogen and oxygen atoms in total. The van der Waals surface area contributed by atoms with Crippen molar-refractivity contribution in [1.82, 2.24) is 10.2 Å². The van der Waals surface area contributed by atoms with Gasteiger partial charge in [0.1, 0.15) is 0 Å².